The van der Waals surface area contributed by atoms with Gasteiger partial charge in [-0.05, 0) is 37.5 Å². The van der Waals surface area contributed by atoms with Crippen molar-refractivity contribution in [3.05, 3.63) is 28.8 Å². The van der Waals surface area contributed by atoms with Crippen molar-refractivity contribution in [1.29, 1.82) is 0 Å². The molecule has 2 atom stereocenters. The van der Waals surface area contributed by atoms with Crippen molar-refractivity contribution >= 4 is 27.1 Å². The maximum Gasteiger partial charge on any atom is 0.416 e. The van der Waals surface area contributed by atoms with Gasteiger partial charge >= 0.3 is 6.18 Å². The van der Waals surface area contributed by atoms with E-state index in [4.69, 9.17) is 11.6 Å². The Labute approximate surface area is 126 Å². The molecule has 1 aliphatic carbocycles. The summed E-state index contributed by atoms with van der Waals surface area (Å²) in [5, 5.41) is 2.37. The van der Waals surface area contributed by atoms with Crippen LogP contribution >= 0.6 is 11.6 Å². The number of alkyl halides is 3. The van der Waals surface area contributed by atoms with E-state index in [1.54, 1.807) is 0 Å². The number of hydrogen-bond donors (Lipinski definition) is 1. The monoisotopic (exact) mass is 341 g/mol. The van der Waals surface area contributed by atoms with Crippen molar-refractivity contribution in [3.8, 4) is 0 Å². The van der Waals surface area contributed by atoms with Crippen molar-refractivity contribution in [2.75, 3.05) is 11.6 Å². The van der Waals surface area contributed by atoms with E-state index < -0.39 is 26.8 Å². The number of sulfone groups is 1. The van der Waals surface area contributed by atoms with Crippen LogP contribution in [0, 0.1) is 0 Å². The minimum Gasteiger partial charge on any atom is -0.380 e. The first-order valence-corrected chi connectivity index (χ1v) is 8.74. The van der Waals surface area contributed by atoms with Crippen LogP contribution in [0.2, 0.25) is 5.02 Å². The van der Waals surface area contributed by atoms with Crippen LogP contribution in [0.1, 0.15) is 24.8 Å². The largest absolute Gasteiger partial charge is 0.416 e. The summed E-state index contributed by atoms with van der Waals surface area (Å²) in [6, 6.07) is 2.68. The molecule has 2 unspecified atom stereocenters. The van der Waals surface area contributed by atoms with E-state index in [1.165, 1.54) is 12.3 Å². The maximum absolute atomic E-state index is 12.6. The van der Waals surface area contributed by atoms with Crippen LogP contribution in [-0.2, 0) is 16.0 Å². The molecule has 1 aliphatic rings. The lowest BCUT2D eigenvalue weighted by atomic mass is 10.1. The number of hydrogen-bond acceptors (Lipinski definition) is 3. The van der Waals surface area contributed by atoms with E-state index in [-0.39, 0.29) is 11.1 Å². The molecule has 0 bridgehead atoms. The van der Waals surface area contributed by atoms with Gasteiger partial charge in [0.05, 0.1) is 21.5 Å². The van der Waals surface area contributed by atoms with Crippen LogP contribution in [0.15, 0.2) is 18.2 Å². The molecule has 1 fully saturated rings. The highest BCUT2D eigenvalue weighted by Crippen LogP contribution is 2.35. The van der Waals surface area contributed by atoms with Crippen molar-refractivity contribution in [2.24, 2.45) is 0 Å². The molecule has 0 radical (unpaired) electrons. The standard InChI is InChI=1S/C13H15ClF3NO2S/c1-21(19,20)12-4-2-3-11(12)18-10-6-5-8(7-9(10)14)13(15,16)17/h5-7,11-12,18H,2-4H2,1H3. The molecule has 0 heterocycles. The van der Waals surface area contributed by atoms with Crippen molar-refractivity contribution in [2.45, 2.75) is 36.7 Å². The van der Waals surface area contributed by atoms with Crippen LogP contribution < -0.4 is 5.32 Å². The van der Waals surface area contributed by atoms with Gasteiger partial charge in [-0.2, -0.15) is 13.2 Å². The molecule has 3 nitrogen and oxygen atoms in total. The minimum absolute atomic E-state index is 0.0658. The third kappa shape index (κ3) is 3.83. The van der Waals surface area contributed by atoms with Gasteiger partial charge < -0.3 is 5.32 Å². The van der Waals surface area contributed by atoms with Gasteiger partial charge in [-0.1, -0.05) is 11.6 Å². The highest BCUT2D eigenvalue weighted by atomic mass is 35.5. The zero-order chi connectivity index (χ0) is 15.8. The van der Waals surface area contributed by atoms with Gasteiger partial charge in [-0.15, -0.1) is 0 Å². The van der Waals surface area contributed by atoms with Gasteiger partial charge in [0.2, 0.25) is 0 Å². The summed E-state index contributed by atoms with van der Waals surface area (Å²) in [4.78, 5) is 0. The van der Waals surface area contributed by atoms with E-state index >= 15 is 0 Å². The fourth-order valence-corrected chi connectivity index (χ4v) is 4.24. The second kappa shape index (κ2) is 5.68. The van der Waals surface area contributed by atoms with Crippen LogP contribution in [-0.4, -0.2) is 26.0 Å². The van der Waals surface area contributed by atoms with E-state index in [0.29, 0.717) is 18.5 Å². The summed E-state index contributed by atoms with van der Waals surface area (Å²) in [5.41, 5.74) is -0.505. The lowest BCUT2D eigenvalue weighted by Gasteiger charge is -2.21. The Morgan fingerprint density at radius 2 is 1.95 bits per heavy atom. The summed E-state index contributed by atoms with van der Waals surface area (Å²) in [5.74, 6) is 0. The Balaban J connectivity index is 2.21. The Morgan fingerprint density at radius 1 is 1.29 bits per heavy atom. The molecule has 0 amide bonds. The first kappa shape index (κ1) is 16.4. The summed E-state index contributed by atoms with van der Waals surface area (Å²) >= 11 is 5.86. The maximum atomic E-state index is 12.6. The van der Waals surface area contributed by atoms with Gasteiger partial charge in [-0.25, -0.2) is 8.42 Å². The predicted molar refractivity (Wildman–Crippen MR) is 76.3 cm³/mol. The zero-order valence-electron chi connectivity index (χ0n) is 11.2. The number of anilines is 1. The lowest BCUT2D eigenvalue weighted by Crippen LogP contribution is -2.34. The molecule has 21 heavy (non-hydrogen) atoms. The van der Waals surface area contributed by atoms with Crippen molar-refractivity contribution < 1.29 is 21.6 Å². The Morgan fingerprint density at radius 3 is 2.48 bits per heavy atom. The van der Waals surface area contributed by atoms with E-state index in [1.807, 2.05) is 0 Å². The van der Waals surface area contributed by atoms with Gasteiger partial charge in [-0.3, -0.25) is 0 Å². The molecule has 8 heteroatoms. The normalized spacial score (nSPS) is 23.3. The highest BCUT2D eigenvalue weighted by Gasteiger charge is 2.35. The van der Waals surface area contributed by atoms with Gasteiger partial charge in [0.1, 0.15) is 0 Å². The molecule has 1 N–H and O–H groups in total. The Kier molecular flexibility index (Phi) is 4.44. The summed E-state index contributed by atoms with van der Waals surface area (Å²) in [6.07, 6.45) is -1.33. The number of halogens is 4. The topological polar surface area (TPSA) is 46.2 Å². The summed E-state index contributed by atoms with van der Waals surface area (Å²) in [7, 11) is -3.20. The molecule has 118 valence electrons. The van der Waals surface area contributed by atoms with Crippen LogP contribution in [0.25, 0.3) is 0 Å². The minimum atomic E-state index is -4.45. The second-order valence-corrected chi connectivity index (χ2v) is 7.91. The fourth-order valence-electron chi connectivity index (χ4n) is 2.61. The Hall–Kier alpha value is -0.950. The van der Waals surface area contributed by atoms with Crippen LogP contribution in [0.3, 0.4) is 0 Å². The molecule has 1 saturated carbocycles. The number of rotatable bonds is 3. The average molecular weight is 342 g/mol. The quantitative estimate of drug-likeness (QED) is 0.911. The van der Waals surface area contributed by atoms with E-state index in [2.05, 4.69) is 5.32 Å². The number of benzene rings is 1. The van der Waals surface area contributed by atoms with Crippen molar-refractivity contribution in [3.63, 3.8) is 0 Å². The summed E-state index contributed by atoms with van der Waals surface area (Å²) < 4.78 is 61.1. The number of nitrogens with one attached hydrogen (secondary N) is 1. The fraction of sp³-hybridized carbons (Fsp3) is 0.538. The van der Waals surface area contributed by atoms with Crippen LogP contribution in [0.5, 0.6) is 0 Å². The summed E-state index contributed by atoms with van der Waals surface area (Å²) in [6.45, 7) is 0. The molecule has 1 aromatic rings. The lowest BCUT2D eigenvalue weighted by molar-refractivity contribution is -0.137. The van der Waals surface area contributed by atoms with Gasteiger partial charge in [0.15, 0.2) is 9.84 Å². The molecule has 0 spiro atoms. The van der Waals surface area contributed by atoms with E-state index in [0.717, 1.165) is 18.6 Å². The molecule has 2 rings (SSSR count). The average Bonchev–Trinajstić information content (AvgIpc) is 2.78. The molecule has 0 saturated heterocycles. The third-order valence-corrected chi connectivity index (χ3v) is 5.62. The third-order valence-electron chi connectivity index (χ3n) is 3.64. The molecular formula is C13H15ClF3NO2S. The predicted octanol–water partition coefficient (Wildman–Crippen LogP) is 3.74. The van der Waals surface area contributed by atoms with Crippen molar-refractivity contribution in [1.82, 2.24) is 0 Å². The highest BCUT2D eigenvalue weighted by molar-refractivity contribution is 7.91. The van der Waals surface area contributed by atoms with Crippen LogP contribution in [0.4, 0.5) is 18.9 Å². The Bertz CT molecular complexity index is 631. The molecular weight excluding hydrogens is 327 g/mol. The molecule has 1 aromatic carbocycles. The van der Waals surface area contributed by atoms with Gasteiger partial charge in [0, 0.05) is 12.3 Å². The van der Waals surface area contributed by atoms with Gasteiger partial charge in [0.25, 0.3) is 0 Å². The van der Waals surface area contributed by atoms with E-state index in [9.17, 15) is 21.6 Å². The smallest absolute Gasteiger partial charge is 0.380 e. The SMILES string of the molecule is CS(=O)(=O)C1CCCC1Nc1ccc(C(F)(F)F)cc1Cl. The molecule has 0 aliphatic heterocycles. The zero-order valence-corrected chi connectivity index (χ0v) is 12.8. The second-order valence-electron chi connectivity index (χ2n) is 5.24. The first-order valence-electron chi connectivity index (χ1n) is 6.41. The first-order chi connectivity index (χ1) is 9.59. The molecule has 0 aromatic heterocycles.